The molecular formula is C19H15Cl2FO3S. The second kappa shape index (κ2) is 7.51. The zero-order chi connectivity index (χ0) is 19.0. The van der Waals surface area contributed by atoms with Gasteiger partial charge in [-0.15, -0.1) is 11.3 Å². The van der Waals surface area contributed by atoms with Gasteiger partial charge in [0.15, 0.2) is 11.6 Å². The van der Waals surface area contributed by atoms with Crippen molar-refractivity contribution in [1.29, 1.82) is 0 Å². The highest BCUT2D eigenvalue weighted by molar-refractivity contribution is 7.16. The number of carbonyl (C=O) groups is 2. The summed E-state index contributed by atoms with van der Waals surface area (Å²) >= 11 is 12.8. The number of ether oxygens (including phenoxy) is 1. The van der Waals surface area contributed by atoms with E-state index in [9.17, 15) is 14.0 Å². The average molecular weight is 413 g/mol. The lowest BCUT2D eigenvalue weighted by Gasteiger charge is -2.05. The maximum absolute atomic E-state index is 13.6. The van der Waals surface area contributed by atoms with Crippen LogP contribution in [0.15, 0.2) is 18.2 Å². The lowest BCUT2D eigenvalue weighted by Crippen LogP contribution is -2.00. The molecule has 1 aliphatic carbocycles. The van der Waals surface area contributed by atoms with Crippen molar-refractivity contribution in [3.05, 3.63) is 60.5 Å². The van der Waals surface area contributed by atoms with Crippen LogP contribution in [0.1, 0.15) is 49.4 Å². The molecule has 0 saturated carbocycles. The molecule has 0 radical (unpaired) electrons. The molecule has 0 spiro atoms. The quantitative estimate of drug-likeness (QED) is 0.277. The highest BCUT2D eigenvalue weighted by atomic mass is 35.5. The number of benzene rings is 1. The topological polar surface area (TPSA) is 43.4 Å². The number of hydrogen-bond acceptors (Lipinski definition) is 4. The zero-order valence-corrected chi connectivity index (χ0v) is 16.4. The van der Waals surface area contributed by atoms with E-state index in [-0.39, 0.29) is 15.8 Å². The molecule has 1 aromatic carbocycles. The van der Waals surface area contributed by atoms with Crippen molar-refractivity contribution >= 4 is 51.9 Å². The summed E-state index contributed by atoms with van der Waals surface area (Å²) in [4.78, 5) is 25.8. The lowest BCUT2D eigenvalue weighted by molar-refractivity contribution is 0.0605. The normalized spacial score (nSPS) is 13.7. The van der Waals surface area contributed by atoms with E-state index in [0.29, 0.717) is 20.9 Å². The molecule has 1 aliphatic rings. The number of carbonyl (C=O) groups excluding carboxylic acids is 2. The van der Waals surface area contributed by atoms with E-state index in [1.807, 2.05) is 0 Å². The molecule has 7 heteroatoms. The van der Waals surface area contributed by atoms with Gasteiger partial charge in [-0.1, -0.05) is 23.2 Å². The fraction of sp³-hybridized carbons (Fsp3) is 0.263. The first-order chi connectivity index (χ1) is 12.3. The number of allylic oxidation sites excluding steroid dienone is 2. The Morgan fingerprint density at radius 3 is 2.31 bits per heavy atom. The van der Waals surface area contributed by atoms with Gasteiger partial charge in [0.2, 0.25) is 0 Å². The van der Waals surface area contributed by atoms with E-state index in [4.69, 9.17) is 27.9 Å². The Labute approximate surface area is 164 Å². The van der Waals surface area contributed by atoms with Gasteiger partial charge in [0.1, 0.15) is 4.88 Å². The van der Waals surface area contributed by atoms with Crippen LogP contribution in [0.5, 0.6) is 0 Å². The maximum atomic E-state index is 13.6. The van der Waals surface area contributed by atoms with Gasteiger partial charge >= 0.3 is 5.97 Å². The fourth-order valence-electron chi connectivity index (χ4n) is 3.06. The third-order valence-electron chi connectivity index (χ3n) is 4.35. The molecule has 0 unspecified atom stereocenters. The highest BCUT2D eigenvalue weighted by Gasteiger charge is 2.28. The summed E-state index contributed by atoms with van der Waals surface area (Å²) in [7, 11) is 1.33. The SMILES string of the molecule is COC(=O)c1sc(C(=O)/C=C(\C)c2cc(Cl)c(F)c(Cl)c2)c2c1CCC2. The molecule has 1 heterocycles. The van der Waals surface area contributed by atoms with E-state index in [0.717, 1.165) is 30.4 Å². The van der Waals surface area contributed by atoms with E-state index in [1.54, 1.807) is 6.92 Å². The molecule has 0 fully saturated rings. The Bertz CT molecular complexity index is 923. The number of halogens is 3. The summed E-state index contributed by atoms with van der Waals surface area (Å²) in [5.74, 6) is -1.29. The predicted octanol–water partition coefficient (Wildman–Crippen LogP) is 5.76. The summed E-state index contributed by atoms with van der Waals surface area (Å²) in [5.41, 5.74) is 3.03. The van der Waals surface area contributed by atoms with Gasteiger partial charge in [0.05, 0.1) is 22.0 Å². The summed E-state index contributed by atoms with van der Waals surface area (Å²) in [5, 5.41) is -0.199. The van der Waals surface area contributed by atoms with Gasteiger partial charge in [-0.2, -0.15) is 0 Å². The van der Waals surface area contributed by atoms with Crippen molar-refractivity contribution in [2.75, 3.05) is 7.11 Å². The van der Waals surface area contributed by atoms with Crippen molar-refractivity contribution in [2.45, 2.75) is 26.2 Å². The molecule has 3 nitrogen and oxygen atoms in total. The number of rotatable bonds is 4. The molecule has 0 aliphatic heterocycles. The molecule has 2 aromatic rings. The van der Waals surface area contributed by atoms with Crippen molar-refractivity contribution < 1.29 is 18.7 Å². The number of hydrogen-bond donors (Lipinski definition) is 0. The number of methoxy groups -OCH3 is 1. The fourth-order valence-corrected chi connectivity index (χ4v) is 4.77. The smallest absolute Gasteiger partial charge is 0.348 e. The summed E-state index contributed by atoms with van der Waals surface area (Å²) in [6, 6.07) is 2.86. The molecule has 0 amide bonds. The Morgan fingerprint density at radius 1 is 1.15 bits per heavy atom. The minimum Gasteiger partial charge on any atom is -0.465 e. The molecule has 1 aromatic heterocycles. The minimum absolute atomic E-state index is 0.0994. The van der Waals surface area contributed by atoms with Crippen LogP contribution < -0.4 is 0 Å². The van der Waals surface area contributed by atoms with E-state index < -0.39 is 11.8 Å². The second-order valence-electron chi connectivity index (χ2n) is 6.01. The number of ketones is 1. The van der Waals surface area contributed by atoms with Gasteiger partial charge in [-0.25, -0.2) is 9.18 Å². The van der Waals surface area contributed by atoms with Crippen molar-refractivity contribution in [1.82, 2.24) is 0 Å². The lowest BCUT2D eigenvalue weighted by atomic mass is 10.0. The van der Waals surface area contributed by atoms with Crippen LogP contribution in [0, 0.1) is 5.82 Å². The van der Waals surface area contributed by atoms with Gasteiger partial charge in [-0.05, 0) is 66.7 Å². The van der Waals surface area contributed by atoms with E-state index >= 15 is 0 Å². The number of fused-ring (bicyclic) bond motifs is 1. The molecular weight excluding hydrogens is 398 g/mol. The van der Waals surface area contributed by atoms with E-state index in [2.05, 4.69) is 0 Å². The largest absolute Gasteiger partial charge is 0.465 e. The molecule has 0 bridgehead atoms. The standard InChI is InChI=1S/C19H15Cl2FO3S/c1-9(10-7-13(20)16(22)14(21)8-10)6-15(23)17-11-4-3-5-12(11)18(26-17)19(24)25-2/h6-8H,3-5H2,1-2H3/b9-6+. The Morgan fingerprint density at radius 2 is 1.73 bits per heavy atom. The highest BCUT2D eigenvalue weighted by Crippen LogP contribution is 2.37. The third kappa shape index (κ3) is 3.43. The Kier molecular flexibility index (Phi) is 5.51. The Hall–Kier alpha value is -1.69. The molecule has 0 saturated heterocycles. The first-order valence-corrected chi connectivity index (χ1v) is 9.51. The molecule has 0 N–H and O–H groups in total. The number of thiophene rings is 1. The first kappa shape index (κ1) is 19.1. The number of esters is 1. The zero-order valence-electron chi connectivity index (χ0n) is 14.1. The van der Waals surface area contributed by atoms with Crippen LogP contribution in [0.25, 0.3) is 5.57 Å². The van der Waals surface area contributed by atoms with Crippen LogP contribution in [-0.2, 0) is 17.6 Å². The monoisotopic (exact) mass is 412 g/mol. The molecule has 136 valence electrons. The van der Waals surface area contributed by atoms with Crippen molar-refractivity contribution in [3.63, 3.8) is 0 Å². The van der Waals surface area contributed by atoms with Crippen LogP contribution >= 0.6 is 34.5 Å². The van der Waals surface area contributed by atoms with Crippen LogP contribution in [0.4, 0.5) is 4.39 Å². The average Bonchev–Trinajstić information content (AvgIpc) is 3.20. The molecule has 26 heavy (non-hydrogen) atoms. The molecule has 3 rings (SSSR count). The second-order valence-corrected chi connectivity index (χ2v) is 7.84. The van der Waals surface area contributed by atoms with E-state index in [1.165, 1.54) is 36.7 Å². The van der Waals surface area contributed by atoms with Crippen LogP contribution in [0.2, 0.25) is 10.0 Å². The van der Waals surface area contributed by atoms with Gasteiger partial charge < -0.3 is 4.74 Å². The first-order valence-electron chi connectivity index (χ1n) is 7.93. The van der Waals surface area contributed by atoms with Crippen LogP contribution in [0.3, 0.4) is 0 Å². The third-order valence-corrected chi connectivity index (χ3v) is 6.17. The van der Waals surface area contributed by atoms with Crippen LogP contribution in [-0.4, -0.2) is 18.9 Å². The minimum atomic E-state index is -0.685. The molecule has 0 atom stereocenters. The van der Waals surface area contributed by atoms with Crippen molar-refractivity contribution in [3.8, 4) is 0 Å². The van der Waals surface area contributed by atoms with Gasteiger partial charge in [0, 0.05) is 0 Å². The predicted molar refractivity (Wildman–Crippen MR) is 102 cm³/mol. The Balaban J connectivity index is 1.98. The summed E-state index contributed by atoms with van der Waals surface area (Å²) < 4.78 is 18.4. The summed E-state index contributed by atoms with van der Waals surface area (Å²) in [6.07, 6.45) is 3.92. The van der Waals surface area contributed by atoms with Crippen molar-refractivity contribution in [2.24, 2.45) is 0 Å². The summed E-state index contributed by atoms with van der Waals surface area (Å²) in [6.45, 7) is 1.73. The van der Waals surface area contributed by atoms with Gasteiger partial charge in [0.25, 0.3) is 0 Å². The van der Waals surface area contributed by atoms with Gasteiger partial charge in [-0.3, -0.25) is 4.79 Å². The maximum Gasteiger partial charge on any atom is 0.348 e.